The molecule has 0 aromatic carbocycles. The minimum Gasteiger partial charge on any atom is -0.544 e. The molecule has 2 rings (SSSR count). The fraction of sp³-hybridized carbons (Fsp3) is 0.667. The number of hydrogen-bond donors (Lipinski definition) is 2. The Balaban J connectivity index is 0.00000264. The molecule has 2 atom stereocenters. The molecule has 2 amide bonds. The molecule has 0 saturated carbocycles. The van der Waals surface area contributed by atoms with Gasteiger partial charge in [-0.15, -0.1) is 0 Å². The molecule has 122 valence electrons. The number of hydroxylamine groups is 2. The number of amides is 2. The van der Waals surface area contributed by atoms with Crippen molar-refractivity contribution in [1.29, 1.82) is 0 Å². The second-order valence-corrected chi connectivity index (χ2v) is 5.56. The van der Waals surface area contributed by atoms with Gasteiger partial charge in [0.15, 0.2) is 0 Å². The minimum atomic E-state index is -2.33. The van der Waals surface area contributed by atoms with Crippen molar-refractivity contribution >= 4 is 23.8 Å². The van der Waals surface area contributed by atoms with Crippen LogP contribution in [0, 0.1) is 0 Å². The van der Waals surface area contributed by atoms with Crippen molar-refractivity contribution in [2.24, 2.45) is 0 Å². The number of nitrogens with one attached hydrogen (secondary N) is 1. The molecule has 0 aliphatic carbocycles. The van der Waals surface area contributed by atoms with E-state index in [1.54, 1.807) is 0 Å². The van der Waals surface area contributed by atoms with E-state index in [9.17, 15) is 29.4 Å². The van der Waals surface area contributed by atoms with Crippen LogP contribution in [0.25, 0.3) is 0 Å². The number of carbonyl (C=O) groups excluding carboxylic acids is 4. The van der Waals surface area contributed by atoms with E-state index in [0.717, 1.165) is 0 Å². The maximum atomic E-state index is 12.2. The van der Waals surface area contributed by atoms with Gasteiger partial charge in [0.25, 0.3) is 17.5 Å². The van der Waals surface area contributed by atoms with Crippen molar-refractivity contribution in [2.75, 3.05) is 6.61 Å². The number of hydrogen-bond acceptors (Lipinski definition) is 8. The monoisotopic (exact) mass is 338 g/mol. The molecule has 2 heterocycles. The summed E-state index contributed by atoms with van der Waals surface area (Å²) in [6, 6.07) is -1.20. The predicted molar refractivity (Wildman–Crippen MR) is 64.1 cm³/mol. The summed E-state index contributed by atoms with van der Waals surface area (Å²) in [4.78, 5) is 51.3. The molecule has 23 heavy (non-hydrogen) atoms. The number of nitrogens with zero attached hydrogens (tertiary/aromatic N) is 1. The van der Waals surface area contributed by atoms with Gasteiger partial charge in [-0.25, -0.2) is 0 Å². The summed E-state index contributed by atoms with van der Waals surface area (Å²) in [5.41, 5.74) is -4.05. The normalized spacial score (nSPS) is 27.4. The number of aliphatic hydroxyl groups is 1. The predicted octanol–water partition coefficient (Wildman–Crippen LogP) is -6.20. The van der Waals surface area contributed by atoms with E-state index in [2.05, 4.69) is 5.32 Å². The summed E-state index contributed by atoms with van der Waals surface area (Å²) in [5, 5.41) is 23.5. The Morgan fingerprint density at radius 1 is 1.43 bits per heavy atom. The van der Waals surface area contributed by atoms with Crippen molar-refractivity contribution in [3.05, 3.63) is 0 Å². The van der Waals surface area contributed by atoms with E-state index >= 15 is 0 Å². The molecule has 2 aliphatic heterocycles. The average molecular weight is 338 g/mol. The fourth-order valence-electron chi connectivity index (χ4n) is 2.08. The van der Waals surface area contributed by atoms with Crippen molar-refractivity contribution in [2.45, 2.75) is 44.1 Å². The van der Waals surface area contributed by atoms with E-state index in [-0.39, 0.29) is 49.0 Å². The Bertz CT molecular complexity index is 546. The largest absolute Gasteiger partial charge is 1.00 e. The van der Waals surface area contributed by atoms with Crippen molar-refractivity contribution in [3.63, 3.8) is 0 Å². The van der Waals surface area contributed by atoms with Gasteiger partial charge in [-0.2, -0.15) is 5.06 Å². The Labute approximate surface area is 153 Å². The summed E-state index contributed by atoms with van der Waals surface area (Å²) in [6.07, 6.45) is -0.520. The zero-order chi connectivity index (χ0) is 16.7. The van der Waals surface area contributed by atoms with Crippen LogP contribution in [0.2, 0.25) is 0 Å². The smallest absolute Gasteiger partial charge is 0.544 e. The topological polar surface area (TPSA) is 145 Å². The summed E-state index contributed by atoms with van der Waals surface area (Å²) in [7, 11) is 0. The minimum absolute atomic E-state index is 0. The summed E-state index contributed by atoms with van der Waals surface area (Å²) in [5.74, 6) is -4.33. The second-order valence-electron chi connectivity index (χ2n) is 5.56. The van der Waals surface area contributed by atoms with Gasteiger partial charge in [0.05, 0.1) is 6.42 Å². The van der Waals surface area contributed by atoms with Crippen molar-refractivity contribution in [3.8, 4) is 0 Å². The standard InChI is InChI=1S/C12H16N2O8.Na/c1-11(2,20)9(17)13-6-5-21-14(8(6)16)12(10(18)19)4-3-7(15)22-12;/h6,20H,3-5H2,1-2H3,(H,13,17)(H,18,19);/q;+1/p-1/t6-,12?;/m0./s1. The van der Waals surface area contributed by atoms with Gasteiger partial charge < -0.3 is 25.1 Å². The number of carbonyl (C=O) groups is 4. The van der Waals surface area contributed by atoms with Gasteiger partial charge in [0.1, 0.15) is 24.2 Å². The van der Waals surface area contributed by atoms with Crippen LogP contribution in [-0.2, 0) is 28.8 Å². The van der Waals surface area contributed by atoms with Crippen LogP contribution in [0.3, 0.4) is 0 Å². The molecule has 0 spiro atoms. The third kappa shape index (κ3) is 3.66. The summed E-state index contributed by atoms with van der Waals surface area (Å²) in [6.45, 7) is 2.09. The first kappa shape index (κ1) is 19.8. The first-order chi connectivity index (χ1) is 10.1. The summed E-state index contributed by atoms with van der Waals surface area (Å²) < 4.78 is 4.70. The van der Waals surface area contributed by atoms with E-state index in [0.29, 0.717) is 5.06 Å². The molecule has 0 aromatic rings. The summed E-state index contributed by atoms with van der Waals surface area (Å²) >= 11 is 0. The molecule has 10 nitrogen and oxygen atoms in total. The third-order valence-corrected chi connectivity index (χ3v) is 3.33. The van der Waals surface area contributed by atoms with Crippen LogP contribution >= 0.6 is 0 Å². The Kier molecular flexibility index (Phi) is 5.81. The zero-order valence-corrected chi connectivity index (χ0v) is 15.0. The Hall–Kier alpha value is -1.20. The van der Waals surface area contributed by atoms with Gasteiger partial charge in [0.2, 0.25) is 0 Å². The number of carboxylic acids is 1. The van der Waals surface area contributed by atoms with E-state index in [1.807, 2.05) is 0 Å². The van der Waals surface area contributed by atoms with E-state index < -0.39 is 41.1 Å². The number of esters is 1. The van der Waals surface area contributed by atoms with Gasteiger partial charge in [0, 0.05) is 6.42 Å². The van der Waals surface area contributed by atoms with E-state index in [1.165, 1.54) is 13.8 Å². The van der Waals surface area contributed by atoms with Gasteiger partial charge in [-0.3, -0.25) is 19.2 Å². The fourth-order valence-corrected chi connectivity index (χ4v) is 2.08. The van der Waals surface area contributed by atoms with Crippen molar-refractivity contribution < 1.29 is 68.5 Å². The Morgan fingerprint density at radius 2 is 2.04 bits per heavy atom. The van der Waals surface area contributed by atoms with Crippen LogP contribution in [0.4, 0.5) is 0 Å². The van der Waals surface area contributed by atoms with Crippen LogP contribution in [-0.4, -0.2) is 57.9 Å². The van der Waals surface area contributed by atoms with Gasteiger partial charge in [-0.05, 0) is 13.8 Å². The zero-order valence-electron chi connectivity index (χ0n) is 13.0. The molecule has 2 N–H and O–H groups in total. The SMILES string of the molecule is CC(C)(O)C(=O)N[C@H]1CON(C2(C(=O)[O-])CCC(=O)O2)C1=O.[Na+]. The number of rotatable bonds is 4. The van der Waals surface area contributed by atoms with Crippen LogP contribution in [0.5, 0.6) is 0 Å². The first-order valence-corrected chi connectivity index (χ1v) is 6.51. The molecule has 0 radical (unpaired) electrons. The number of cyclic esters (lactones) is 1. The van der Waals surface area contributed by atoms with Crippen LogP contribution < -0.4 is 40.0 Å². The molecule has 11 heteroatoms. The molecule has 2 fully saturated rings. The van der Waals surface area contributed by atoms with Gasteiger partial charge in [-0.1, -0.05) is 0 Å². The maximum absolute atomic E-state index is 12.2. The van der Waals surface area contributed by atoms with Gasteiger partial charge >= 0.3 is 35.5 Å². The second kappa shape index (κ2) is 6.73. The number of ether oxygens (including phenoxy) is 1. The molecule has 0 bridgehead atoms. The molecular weight excluding hydrogens is 323 g/mol. The molecule has 0 aromatic heterocycles. The number of aliphatic carboxylic acids is 1. The maximum Gasteiger partial charge on any atom is 1.00 e. The number of carboxylic acid groups (broad SMARTS) is 1. The Morgan fingerprint density at radius 3 is 2.48 bits per heavy atom. The first-order valence-electron chi connectivity index (χ1n) is 6.51. The van der Waals surface area contributed by atoms with E-state index in [4.69, 9.17) is 9.57 Å². The third-order valence-electron chi connectivity index (χ3n) is 3.33. The molecule has 1 unspecified atom stereocenters. The van der Waals surface area contributed by atoms with Crippen LogP contribution in [0.1, 0.15) is 26.7 Å². The van der Waals surface area contributed by atoms with Crippen molar-refractivity contribution in [1.82, 2.24) is 10.4 Å². The molecule has 2 aliphatic rings. The molecule has 2 saturated heterocycles. The quantitative estimate of drug-likeness (QED) is 0.380. The molecular formula is C12H15N2NaO8. The van der Waals surface area contributed by atoms with Crippen LogP contribution in [0.15, 0.2) is 0 Å². The average Bonchev–Trinajstić information content (AvgIpc) is 2.94.